The molecule has 6 nitrogen and oxygen atoms in total. The van der Waals surface area contributed by atoms with E-state index in [4.69, 9.17) is 9.68 Å². The molecule has 0 saturated carbocycles. The van der Waals surface area contributed by atoms with Crippen LogP contribution in [0.4, 0.5) is 10.4 Å². The molecule has 0 aliphatic carbocycles. The predicted octanol–water partition coefficient (Wildman–Crippen LogP) is 2.10. The van der Waals surface area contributed by atoms with Gasteiger partial charge in [-0.15, -0.1) is 0 Å². The molecule has 21 heavy (non-hydrogen) atoms. The third-order valence-electron chi connectivity index (χ3n) is 3.58. The smallest absolute Gasteiger partial charge is 0.298 e. The third-order valence-corrected chi connectivity index (χ3v) is 3.58. The Balaban J connectivity index is 1.52. The Morgan fingerprint density at radius 1 is 1.38 bits per heavy atom. The van der Waals surface area contributed by atoms with Gasteiger partial charge in [0.05, 0.1) is 17.8 Å². The van der Waals surface area contributed by atoms with E-state index in [9.17, 15) is 4.39 Å². The van der Waals surface area contributed by atoms with Gasteiger partial charge in [0.25, 0.3) is 6.01 Å². The largest absolute Gasteiger partial charge is 0.423 e. The van der Waals surface area contributed by atoms with Gasteiger partial charge in [-0.1, -0.05) is 0 Å². The molecule has 1 fully saturated rings. The monoisotopic (exact) mass is 283 g/mol. The van der Waals surface area contributed by atoms with Crippen molar-refractivity contribution < 1.29 is 8.81 Å². The Kier molecular flexibility index (Phi) is 2.44. The molecule has 1 aromatic carbocycles. The van der Waals surface area contributed by atoms with Crippen LogP contribution in [0.25, 0.3) is 11.1 Å². The van der Waals surface area contributed by atoms with E-state index in [1.54, 1.807) is 23.1 Å². The lowest BCUT2D eigenvalue weighted by Gasteiger charge is -2.37. The van der Waals surface area contributed by atoms with Crippen molar-refractivity contribution in [2.45, 2.75) is 6.04 Å². The van der Waals surface area contributed by atoms with Crippen molar-refractivity contribution in [1.82, 2.24) is 14.8 Å². The number of hydrogen-bond acceptors (Lipinski definition) is 5. The zero-order valence-corrected chi connectivity index (χ0v) is 10.9. The van der Waals surface area contributed by atoms with Crippen LogP contribution >= 0.6 is 0 Å². The minimum Gasteiger partial charge on any atom is -0.423 e. The van der Waals surface area contributed by atoms with Crippen molar-refractivity contribution in [1.29, 1.82) is 5.26 Å². The van der Waals surface area contributed by atoms with Crippen molar-refractivity contribution in [2.24, 2.45) is 0 Å². The van der Waals surface area contributed by atoms with E-state index in [2.05, 4.69) is 16.2 Å². The third kappa shape index (κ3) is 1.92. The summed E-state index contributed by atoms with van der Waals surface area (Å²) in [6.07, 6.45) is 3.27. The van der Waals surface area contributed by atoms with Gasteiger partial charge in [0, 0.05) is 25.4 Å². The highest BCUT2D eigenvalue weighted by Crippen LogP contribution is 2.29. The standard InChI is InChI=1S/C14H10FN5O/c15-10-1-2-12-13(3-10)21-14(18-12)19-7-11(8-19)20-6-9(4-16)5-17-20/h1-3,5-6,11H,7-8H2. The van der Waals surface area contributed by atoms with E-state index in [1.165, 1.54) is 12.1 Å². The van der Waals surface area contributed by atoms with Crippen LogP contribution in [0, 0.1) is 17.1 Å². The molecule has 1 aliphatic heterocycles. The summed E-state index contributed by atoms with van der Waals surface area (Å²) in [5, 5.41) is 12.9. The first-order chi connectivity index (χ1) is 10.2. The molecule has 0 spiro atoms. The molecular formula is C14H10FN5O. The zero-order valence-electron chi connectivity index (χ0n) is 10.9. The van der Waals surface area contributed by atoms with Gasteiger partial charge in [0.2, 0.25) is 0 Å². The predicted molar refractivity (Wildman–Crippen MR) is 72.2 cm³/mol. The number of hydrogen-bond donors (Lipinski definition) is 0. The first-order valence-corrected chi connectivity index (χ1v) is 6.48. The molecule has 4 rings (SSSR count). The first-order valence-electron chi connectivity index (χ1n) is 6.48. The minimum atomic E-state index is -0.341. The van der Waals surface area contributed by atoms with Crippen molar-refractivity contribution in [2.75, 3.05) is 18.0 Å². The summed E-state index contributed by atoms with van der Waals surface area (Å²) < 4.78 is 20.5. The highest BCUT2D eigenvalue weighted by molar-refractivity contribution is 5.74. The van der Waals surface area contributed by atoms with Crippen LogP contribution in [0.15, 0.2) is 35.0 Å². The van der Waals surface area contributed by atoms with Crippen LogP contribution in [0.2, 0.25) is 0 Å². The van der Waals surface area contributed by atoms with Crippen LogP contribution in [0.3, 0.4) is 0 Å². The van der Waals surface area contributed by atoms with Gasteiger partial charge >= 0.3 is 0 Å². The number of oxazole rings is 1. The van der Waals surface area contributed by atoms with Crippen molar-refractivity contribution >= 4 is 17.1 Å². The van der Waals surface area contributed by atoms with Crippen LogP contribution in [-0.4, -0.2) is 27.9 Å². The lowest BCUT2D eigenvalue weighted by molar-refractivity contribution is 0.347. The normalized spacial score (nSPS) is 15.1. The molecule has 0 radical (unpaired) electrons. The first kappa shape index (κ1) is 11.9. The number of fused-ring (bicyclic) bond motifs is 1. The molecule has 0 unspecified atom stereocenters. The fourth-order valence-electron chi connectivity index (χ4n) is 2.40. The van der Waals surface area contributed by atoms with Gasteiger partial charge in [0.1, 0.15) is 17.4 Å². The SMILES string of the molecule is N#Cc1cnn(C2CN(c3nc4ccc(F)cc4o3)C2)c1. The lowest BCUT2D eigenvalue weighted by Crippen LogP contribution is -2.48. The Labute approximate surface area is 119 Å². The van der Waals surface area contributed by atoms with Gasteiger partial charge < -0.3 is 9.32 Å². The van der Waals surface area contributed by atoms with Crippen molar-refractivity contribution in [3.8, 4) is 6.07 Å². The van der Waals surface area contributed by atoms with Gasteiger partial charge in [-0.05, 0) is 12.1 Å². The average molecular weight is 283 g/mol. The van der Waals surface area contributed by atoms with Crippen molar-refractivity contribution in [3.05, 3.63) is 42.0 Å². The molecule has 3 heterocycles. The quantitative estimate of drug-likeness (QED) is 0.720. The molecule has 7 heteroatoms. The van der Waals surface area contributed by atoms with E-state index >= 15 is 0 Å². The topological polar surface area (TPSA) is 70.9 Å². The molecule has 0 amide bonds. The van der Waals surface area contributed by atoms with Crippen LogP contribution in [0.5, 0.6) is 0 Å². The van der Waals surface area contributed by atoms with E-state index in [1.807, 2.05) is 4.90 Å². The summed E-state index contributed by atoms with van der Waals surface area (Å²) >= 11 is 0. The molecule has 3 aromatic rings. The van der Waals surface area contributed by atoms with E-state index < -0.39 is 0 Å². The van der Waals surface area contributed by atoms with Gasteiger partial charge in [0.15, 0.2) is 5.58 Å². The van der Waals surface area contributed by atoms with Gasteiger partial charge in [-0.3, -0.25) is 4.68 Å². The average Bonchev–Trinajstić information content (AvgIpc) is 3.03. The van der Waals surface area contributed by atoms with E-state index in [-0.39, 0.29) is 11.9 Å². The van der Waals surface area contributed by atoms with E-state index in [0.717, 1.165) is 0 Å². The maximum absolute atomic E-state index is 13.1. The summed E-state index contributed by atoms with van der Waals surface area (Å²) in [7, 11) is 0. The highest BCUT2D eigenvalue weighted by atomic mass is 19.1. The number of benzene rings is 1. The molecule has 1 aliphatic rings. The minimum absolute atomic E-state index is 0.193. The number of anilines is 1. The van der Waals surface area contributed by atoms with Crippen LogP contribution < -0.4 is 4.90 Å². The molecule has 1 saturated heterocycles. The van der Waals surface area contributed by atoms with Crippen LogP contribution in [0.1, 0.15) is 11.6 Å². The molecule has 104 valence electrons. The molecule has 0 atom stereocenters. The number of aromatic nitrogens is 3. The summed E-state index contributed by atoms with van der Waals surface area (Å²) in [6, 6.07) is 7.02. The Morgan fingerprint density at radius 2 is 2.24 bits per heavy atom. The second kappa shape index (κ2) is 4.31. The summed E-state index contributed by atoms with van der Waals surface area (Å²) in [5.41, 5.74) is 1.63. The van der Waals surface area contributed by atoms with Gasteiger partial charge in [-0.2, -0.15) is 15.3 Å². The van der Waals surface area contributed by atoms with Crippen molar-refractivity contribution in [3.63, 3.8) is 0 Å². The Bertz CT molecular complexity index is 856. The highest BCUT2D eigenvalue weighted by Gasteiger charge is 2.32. The molecule has 0 bridgehead atoms. The summed E-state index contributed by atoms with van der Waals surface area (Å²) in [5.74, 6) is -0.341. The number of nitriles is 1. The van der Waals surface area contributed by atoms with Gasteiger partial charge in [-0.25, -0.2) is 4.39 Å². The summed E-state index contributed by atoms with van der Waals surface area (Å²) in [6.45, 7) is 1.39. The molecule has 0 N–H and O–H groups in total. The Hall–Kier alpha value is -2.88. The zero-order chi connectivity index (χ0) is 14.4. The number of halogens is 1. The fraction of sp³-hybridized carbons (Fsp3) is 0.214. The maximum atomic E-state index is 13.1. The number of rotatable bonds is 2. The lowest BCUT2D eigenvalue weighted by atomic mass is 10.1. The molecular weight excluding hydrogens is 273 g/mol. The van der Waals surface area contributed by atoms with E-state index in [0.29, 0.717) is 35.8 Å². The molecule has 2 aromatic heterocycles. The van der Waals surface area contributed by atoms with Crippen LogP contribution in [-0.2, 0) is 0 Å². The summed E-state index contributed by atoms with van der Waals surface area (Å²) in [4.78, 5) is 6.29. The maximum Gasteiger partial charge on any atom is 0.298 e. The second-order valence-corrected chi connectivity index (χ2v) is 4.99. The second-order valence-electron chi connectivity index (χ2n) is 4.99. The number of nitrogens with zero attached hydrogens (tertiary/aromatic N) is 5. The fourth-order valence-corrected chi connectivity index (χ4v) is 2.40. The Morgan fingerprint density at radius 3 is 3.00 bits per heavy atom.